The van der Waals surface area contributed by atoms with Gasteiger partial charge in [-0.3, -0.25) is 9.59 Å². The van der Waals surface area contributed by atoms with E-state index in [-0.39, 0.29) is 17.0 Å². The number of ether oxygens (including phenoxy) is 1. The molecule has 2 aromatic heterocycles. The molecule has 0 atom stereocenters. The predicted octanol–water partition coefficient (Wildman–Crippen LogP) is 2.56. The van der Waals surface area contributed by atoms with E-state index in [9.17, 15) is 14.4 Å². The molecular weight excluding hydrogens is 372 g/mol. The first kappa shape index (κ1) is 20.0. The van der Waals surface area contributed by atoms with Crippen molar-refractivity contribution in [1.82, 2.24) is 14.3 Å². The molecule has 0 aliphatic heterocycles. The highest BCUT2D eigenvalue weighted by Gasteiger charge is 2.18. The number of ketones is 1. The van der Waals surface area contributed by atoms with Crippen molar-refractivity contribution in [1.29, 1.82) is 5.26 Å². The molecule has 0 unspecified atom stereocenters. The van der Waals surface area contributed by atoms with Gasteiger partial charge in [-0.2, -0.15) is 10.4 Å². The number of rotatable bonds is 8. The SMILES string of the molecule is CCCn1nc(C(=O)OCC(=O)c2cn(CCC#N)c3ccccc23)ccc1=O. The lowest BCUT2D eigenvalue weighted by molar-refractivity contribution is 0.0466. The summed E-state index contributed by atoms with van der Waals surface area (Å²) < 4.78 is 8.17. The first-order chi connectivity index (χ1) is 14.0. The van der Waals surface area contributed by atoms with Gasteiger partial charge in [0.25, 0.3) is 5.56 Å². The summed E-state index contributed by atoms with van der Waals surface area (Å²) in [7, 11) is 0. The lowest BCUT2D eigenvalue weighted by Gasteiger charge is -2.06. The number of carbonyl (C=O) groups excluding carboxylic acids is 2. The normalized spacial score (nSPS) is 10.6. The molecule has 2 heterocycles. The number of fused-ring (bicyclic) bond motifs is 1. The van der Waals surface area contributed by atoms with E-state index in [1.807, 2.05) is 35.8 Å². The minimum absolute atomic E-state index is 0.0256. The third kappa shape index (κ3) is 4.41. The number of esters is 1. The monoisotopic (exact) mass is 392 g/mol. The molecule has 0 spiro atoms. The van der Waals surface area contributed by atoms with Gasteiger partial charge in [0.1, 0.15) is 0 Å². The second-order valence-corrected chi connectivity index (χ2v) is 6.44. The fourth-order valence-corrected chi connectivity index (χ4v) is 3.04. The predicted molar refractivity (Wildman–Crippen MR) is 106 cm³/mol. The molecule has 8 nitrogen and oxygen atoms in total. The zero-order chi connectivity index (χ0) is 20.8. The molecule has 148 valence electrons. The Labute approximate surface area is 166 Å². The Bertz CT molecular complexity index is 1150. The van der Waals surface area contributed by atoms with E-state index in [1.54, 1.807) is 6.20 Å². The van der Waals surface area contributed by atoms with Crippen molar-refractivity contribution in [3.05, 3.63) is 64.2 Å². The summed E-state index contributed by atoms with van der Waals surface area (Å²) in [6.07, 6.45) is 2.69. The van der Waals surface area contributed by atoms with E-state index < -0.39 is 12.6 Å². The van der Waals surface area contributed by atoms with Gasteiger partial charge in [0.15, 0.2) is 12.3 Å². The maximum absolute atomic E-state index is 12.7. The summed E-state index contributed by atoms with van der Waals surface area (Å²) in [5.41, 5.74) is 0.938. The number of Topliss-reactive ketones (excluding diaryl/α,β-unsaturated/α-hetero) is 1. The Morgan fingerprint density at radius 1 is 1.17 bits per heavy atom. The summed E-state index contributed by atoms with van der Waals surface area (Å²) in [6.45, 7) is 2.30. The Morgan fingerprint density at radius 2 is 1.97 bits per heavy atom. The van der Waals surface area contributed by atoms with Gasteiger partial charge in [0, 0.05) is 41.8 Å². The zero-order valence-corrected chi connectivity index (χ0v) is 16.0. The number of nitrogens with zero attached hydrogens (tertiary/aromatic N) is 4. The van der Waals surface area contributed by atoms with Crippen molar-refractivity contribution < 1.29 is 14.3 Å². The van der Waals surface area contributed by atoms with Gasteiger partial charge < -0.3 is 9.30 Å². The number of nitriles is 1. The molecule has 0 saturated heterocycles. The van der Waals surface area contributed by atoms with Crippen molar-refractivity contribution in [2.24, 2.45) is 0 Å². The molecule has 3 rings (SSSR count). The van der Waals surface area contributed by atoms with Gasteiger partial charge in [0.2, 0.25) is 5.78 Å². The summed E-state index contributed by atoms with van der Waals surface area (Å²) in [5.74, 6) is -1.12. The van der Waals surface area contributed by atoms with Gasteiger partial charge >= 0.3 is 5.97 Å². The number of aryl methyl sites for hydroxylation is 2. The lowest BCUT2D eigenvalue weighted by atomic mass is 10.1. The molecule has 0 amide bonds. The third-order valence-corrected chi connectivity index (χ3v) is 4.40. The number of carbonyl (C=O) groups is 2. The zero-order valence-electron chi connectivity index (χ0n) is 16.0. The summed E-state index contributed by atoms with van der Waals surface area (Å²) in [6, 6.07) is 12.0. The molecule has 0 aliphatic rings. The standard InChI is InChI=1S/C21H20N4O4/c1-2-11-25-20(27)9-8-17(23-25)21(28)29-14-19(26)16-13-24(12-5-10-22)18-7-4-3-6-15(16)18/h3-4,6-9,13H,2,5,11-12,14H2,1H3. The van der Waals surface area contributed by atoms with Gasteiger partial charge in [-0.25, -0.2) is 9.48 Å². The molecule has 3 aromatic rings. The largest absolute Gasteiger partial charge is 0.453 e. The summed E-state index contributed by atoms with van der Waals surface area (Å²) in [5, 5.41) is 13.5. The van der Waals surface area contributed by atoms with Crippen LogP contribution < -0.4 is 5.56 Å². The Kier molecular flexibility index (Phi) is 6.19. The maximum atomic E-state index is 12.7. The first-order valence-electron chi connectivity index (χ1n) is 9.28. The molecular formula is C21H20N4O4. The van der Waals surface area contributed by atoms with Gasteiger partial charge in [0.05, 0.1) is 12.5 Å². The molecule has 0 fully saturated rings. The Morgan fingerprint density at radius 3 is 2.72 bits per heavy atom. The molecule has 8 heteroatoms. The quantitative estimate of drug-likeness (QED) is 0.431. The fourth-order valence-electron chi connectivity index (χ4n) is 3.04. The van der Waals surface area contributed by atoms with Crippen LogP contribution in [0.5, 0.6) is 0 Å². The Hall–Kier alpha value is -3.73. The first-order valence-corrected chi connectivity index (χ1v) is 9.28. The van der Waals surface area contributed by atoms with Crippen molar-refractivity contribution in [2.75, 3.05) is 6.61 Å². The molecule has 0 saturated carbocycles. The molecule has 0 radical (unpaired) electrons. The molecule has 1 aromatic carbocycles. The van der Waals surface area contributed by atoms with E-state index in [0.717, 1.165) is 10.9 Å². The van der Waals surface area contributed by atoms with Crippen LogP contribution in [0.1, 0.15) is 40.6 Å². The summed E-state index contributed by atoms with van der Waals surface area (Å²) >= 11 is 0. The van der Waals surface area contributed by atoms with Gasteiger partial charge in [-0.1, -0.05) is 25.1 Å². The third-order valence-electron chi connectivity index (χ3n) is 4.40. The molecule has 0 bridgehead atoms. The number of aromatic nitrogens is 3. The summed E-state index contributed by atoms with van der Waals surface area (Å²) in [4.78, 5) is 36.6. The molecule has 0 N–H and O–H groups in total. The van der Waals surface area contributed by atoms with Crippen LogP contribution in [0.3, 0.4) is 0 Å². The van der Waals surface area contributed by atoms with Crippen molar-refractivity contribution >= 4 is 22.7 Å². The fraction of sp³-hybridized carbons (Fsp3) is 0.286. The Balaban J connectivity index is 1.76. The van der Waals surface area contributed by atoms with Crippen molar-refractivity contribution in [3.63, 3.8) is 0 Å². The number of benzene rings is 1. The van der Waals surface area contributed by atoms with Gasteiger partial charge in [-0.05, 0) is 18.6 Å². The number of para-hydroxylation sites is 1. The van der Waals surface area contributed by atoms with E-state index in [0.29, 0.717) is 31.5 Å². The highest BCUT2D eigenvalue weighted by molar-refractivity contribution is 6.09. The smallest absolute Gasteiger partial charge is 0.359 e. The molecule has 29 heavy (non-hydrogen) atoms. The van der Waals surface area contributed by atoms with E-state index >= 15 is 0 Å². The highest BCUT2D eigenvalue weighted by Crippen LogP contribution is 2.22. The van der Waals surface area contributed by atoms with Crippen molar-refractivity contribution in [2.45, 2.75) is 32.9 Å². The van der Waals surface area contributed by atoms with Gasteiger partial charge in [-0.15, -0.1) is 0 Å². The highest BCUT2D eigenvalue weighted by atomic mass is 16.5. The number of hydrogen-bond acceptors (Lipinski definition) is 6. The second kappa shape index (κ2) is 8.97. The number of hydrogen-bond donors (Lipinski definition) is 0. The van der Waals surface area contributed by atoms with Crippen LogP contribution in [0, 0.1) is 11.3 Å². The van der Waals surface area contributed by atoms with Crippen LogP contribution in [0.15, 0.2) is 47.4 Å². The average Bonchev–Trinajstić information content (AvgIpc) is 3.11. The molecule has 0 aliphatic carbocycles. The van der Waals surface area contributed by atoms with E-state index in [2.05, 4.69) is 11.2 Å². The average molecular weight is 392 g/mol. The lowest BCUT2D eigenvalue weighted by Crippen LogP contribution is -2.25. The topological polar surface area (TPSA) is 107 Å². The van der Waals surface area contributed by atoms with Crippen LogP contribution in [0.4, 0.5) is 0 Å². The van der Waals surface area contributed by atoms with Crippen LogP contribution in [0.2, 0.25) is 0 Å². The minimum atomic E-state index is -0.767. The van der Waals surface area contributed by atoms with Crippen LogP contribution >= 0.6 is 0 Å². The van der Waals surface area contributed by atoms with Crippen molar-refractivity contribution in [3.8, 4) is 6.07 Å². The van der Waals surface area contributed by atoms with E-state index in [1.165, 1.54) is 16.8 Å². The van der Waals surface area contributed by atoms with E-state index in [4.69, 9.17) is 10.00 Å². The minimum Gasteiger partial charge on any atom is -0.453 e. The maximum Gasteiger partial charge on any atom is 0.359 e. The van der Waals surface area contributed by atoms with Crippen LogP contribution in [-0.2, 0) is 17.8 Å². The van der Waals surface area contributed by atoms with Crippen LogP contribution in [0.25, 0.3) is 10.9 Å². The second-order valence-electron chi connectivity index (χ2n) is 6.44. The van der Waals surface area contributed by atoms with Crippen LogP contribution in [-0.4, -0.2) is 32.7 Å².